The summed E-state index contributed by atoms with van der Waals surface area (Å²) in [7, 11) is 0. The highest BCUT2D eigenvalue weighted by atomic mass is 19.3. The quantitative estimate of drug-likeness (QED) is 0.314. The Labute approximate surface area is 106 Å². The number of halogens is 4. The molecule has 0 heterocycles. The first kappa shape index (κ1) is 17.4. The average molecular weight is 270 g/mol. The molecule has 0 radical (unpaired) electrons. The Morgan fingerprint density at radius 3 is 2.50 bits per heavy atom. The number of rotatable bonds is 10. The van der Waals surface area contributed by atoms with E-state index < -0.39 is 18.8 Å². The first-order valence-electron chi connectivity index (χ1n) is 6.29. The fraction of sp³-hybridized carbons (Fsp3) is 0.846. The molecule has 0 N–H and O–H groups in total. The summed E-state index contributed by atoms with van der Waals surface area (Å²) in [5, 5.41) is 0. The van der Waals surface area contributed by atoms with Crippen LogP contribution in [0.25, 0.3) is 0 Å². The van der Waals surface area contributed by atoms with Gasteiger partial charge in [-0.2, -0.15) is 0 Å². The summed E-state index contributed by atoms with van der Waals surface area (Å²) in [6.07, 6.45) is -0.0213. The van der Waals surface area contributed by atoms with Crippen LogP contribution in [0, 0.1) is 0 Å². The van der Waals surface area contributed by atoms with Gasteiger partial charge in [-0.15, -0.1) is 0 Å². The molecule has 18 heavy (non-hydrogen) atoms. The Bertz CT molecular complexity index is 239. The fourth-order valence-corrected chi connectivity index (χ4v) is 1.36. The van der Waals surface area contributed by atoms with Crippen LogP contribution in [-0.4, -0.2) is 25.6 Å². The summed E-state index contributed by atoms with van der Waals surface area (Å²) >= 11 is 0. The molecule has 0 rings (SSSR count). The van der Waals surface area contributed by atoms with E-state index in [1.165, 1.54) is 0 Å². The highest BCUT2D eigenvalue weighted by molar-refractivity contribution is 4.98. The zero-order valence-electron chi connectivity index (χ0n) is 11.0. The number of hydrogen-bond acceptors (Lipinski definition) is 1. The van der Waals surface area contributed by atoms with Gasteiger partial charge < -0.3 is 4.74 Å². The Hall–Kier alpha value is -0.580. The molecule has 0 aromatic rings. The second kappa shape index (κ2) is 9.36. The maximum Gasteiger partial charge on any atom is 0.307 e. The van der Waals surface area contributed by atoms with E-state index in [1.54, 1.807) is 6.92 Å². The number of alkyl halides is 4. The molecule has 0 amide bonds. The Morgan fingerprint density at radius 1 is 1.28 bits per heavy atom. The largest absolute Gasteiger partial charge is 0.381 e. The van der Waals surface area contributed by atoms with Crippen molar-refractivity contribution in [3.8, 4) is 0 Å². The van der Waals surface area contributed by atoms with Gasteiger partial charge in [0.1, 0.15) is 0 Å². The molecular weight excluding hydrogens is 248 g/mol. The third kappa shape index (κ3) is 8.50. The minimum Gasteiger partial charge on any atom is -0.381 e. The molecule has 0 saturated heterocycles. The molecule has 0 unspecified atom stereocenters. The number of ether oxygens (including phenoxy) is 1. The van der Waals surface area contributed by atoms with E-state index in [9.17, 15) is 17.6 Å². The van der Waals surface area contributed by atoms with Gasteiger partial charge in [-0.25, -0.2) is 17.6 Å². The van der Waals surface area contributed by atoms with Crippen molar-refractivity contribution in [3.05, 3.63) is 11.6 Å². The van der Waals surface area contributed by atoms with Crippen LogP contribution in [-0.2, 0) is 4.74 Å². The minimum absolute atomic E-state index is 0.00710. The summed E-state index contributed by atoms with van der Waals surface area (Å²) in [6.45, 7) is 5.08. The lowest BCUT2D eigenvalue weighted by Crippen LogP contribution is -2.26. The Morgan fingerprint density at radius 2 is 1.94 bits per heavy atom. The monoisotopic (exact) mass is 270 g/mol. The molecule has 0 atom stereocenters. The normalized spacial score (nSPS) is 13.4. The molecule has 0 aromatic heterocycles. The van der Waals surface area contributed by atoms with Crippen molar-refractivity contribution in [1.82, 2.24) is 0 Å². The van der Waals surface area contributed by atoms with Gasteiger partial charge in [0.05, 0.1) is 0 Å². The van der Waals surface area contributed by atoms with Gasteiger partial charge in [0.25, 0.3) is 0 Å². The van der Waals surface area contributed by atoms with Gasteiger partial charge in [0.2, 0.25) is 0 Å². The highest BCUT2D eigenvalue weighted by Gasteiger charge is 2.39. The van der Waals surface area contributed by atoms with E-state index in [-0.39, 0.29) is 6.42 Å². The summed E-state index contributed by atoms with van der Waals surface area (Å²) < 4.78 is 54.3. The Balaban J connectivity index is 3.72. The predicted octanol–water partition coefficient (Wildman–Crippen LogP) is 4.82. The van der Waals surface area contributed by atoms with Crippen LogP contribution in [0.5, 0.6) is 0 Å². The van der Waals surface area contributed by atoms with E-state index in [2.05, 4.69) is 0 Å². The smallest absolute Gasteiger partial charge is 0.307 e. The van der Waals surface area contributed by atoms with Crippen molar-refractivity contribution in [3.63, 3.8) is 0 Å². The number of allylic oxidation sites excluding steroid dienone is 2. The van der Waals surface area contributed by atoms with E-state index in [0.717, 1.165) is 31.4 Å². The molecule has 0 saturated carbocycles. The van der Waals surface area contributed by atoms with Crippen LogP contribution in [0.1, 0.15) is 46.0 Å². The standard InChI is InChI=1S/C13H22F4O/c1-3-9-18-10-5-4-6-11(2)7-8-13(16,17)12(14)15/h6,12H,3-5,7-10H2,1-2H3/b11-6+. The van der Waals surface area contributed by atoms with Crippen molar-refractivity contribution < 1.29 is 22.3 Å². The lowest BCUT2D eigenvalue weighted by atomic mass is 10.1. The van der Waals surface area contributed by atoms with Gasteiger partial charge in [0.15, 0.2) is 0 Å². The average Bonchev–Trinajstić information content (AvgIpc) is 2.31. The zero-order chi connectivity index (χ0) is 14.0. The maximum atomic E-state index is 12.6. The number of hydrogen-bond donors (Lipinski definition) is 0. The molecule has 0 aliphatic heterocycles. The topological polar surface area (TPSA) is 9.23 Å². The van der Waals surface area contributed by atoms with Crippen LogP contribution in [0.4, 0.5) is 17.6 Å². The lowest BCUT2D eigenvalue weighted by Gasteiger charge is -2.14. The first-order chi connectivity index (χ1) is 8.40. The number of unbranched alkanes of at least 4 members (excludes halogenated alkanes) is 1. The summed E-state index contributed by atoms with van der Waals surface area (Å²) in [6, 6.07) is 0. The summed E-state index contributed by atoms with van der Waals surface area (Å²) in [5.41, 5.74) is 0.728. The third-order valence-corrected chi connectivity index (χ3v) is 2.51. The van der Waals surface area contributed by atoms with Crippen LogP contribution >= 0.6 is 0 Å². The second-order valence-corrected chi connectivity index (χ2v) is 4.37. The fourth-order valence-electron chi connectivity index (χ4n) is 1.36. The molecule has 0 fully saturated rings. The molecular formula is C13H22F4O. The third-order valence-electron chi connectivity index (χ3n) is 2.51. The van der Waals surface area contributed by atoms with E-state index >= 15 is 0 Å². The molecule has 1 nitrogen and oxygen atoms in total. The summed E-state index contributed by atoms with van der Waals surface area (Å²) in [4.78, 5) is 0. The molecule has 0 aliphatic carbocycles. The van der Waals surface area contributed by atoms with E-state index in [0.29, 0.717) is 6.61 Å². The first-order valence-corrected chi connectivity index (χ1v) is 6.29. The predicted molar refractivity (Wildman–Crippen MR) is 64.3 cm³/mol. The zero-order valence-corrected chi connectivity index (χ0v) is 11.0. The van der Waals surface area contributed by atoms with Crippen molar-refractivity contribution >= 4 is 0 Å². The highest BCUT2D eigenvalue weighted by Crippen LogP contribution is 2.29. The lowest BCUT2D eigenvalue weighted by molar-refractivity contribution is -0.132. The molecule has 0 bridgehead atoms. The van der Waals surface area contributed by atoms with Crippen LogP contribution < -0.4 is 0 Å². The van der Waals surface area contributed by atoms with Crippen molar-refractivity contribution in [2.45, 2.75) is 58.3 Å². The maximum absolute atomic E-state index is 12.6. The van der Waals surface area contributed by atoms with Gasteiger partial charge in [-0.05, 0) is 32.6 Å². The SMILES string of the molecule is CCCOCCC/C=C(\C)CCC(F)(F)C(F)F. The molecule has 5 heteroatoms. The van der Waals surface area contributed by atoms with Crippen molar-refractivity contribution in [2.24, 2.45) is 0 Å². The molecule has 0 aromatic carbocycles. The molecule has 108 valence electrons. The second-order valence-electron chi connectivity index (χ2n) is 4.37. The van der Waals surface area contributed by atoms with Gasteiger partial charge in [-0.3, -0.25) is 0 Å². The van der Waals surface area contributed by atoms with Gasteiger partial charge in [0, 0.05) is 19.6 Å². The van der Waals surface area contributed by atoms with Crippen molar-refractivity contribution in [2.75, 3.05) is 13.2 Å². The van der Waals surface area contributed by atoms with E-state index in [1.807, 2.05) is 13.0 Å². The van der Waals surface area contributed by atoms with Gasteiger partial charge in [-0.1, -0.05) is 18.6 Å². The minimum atomic E-state index is -3.88. The van der Waals surface area contributed by atoms with Crippen LogP contribution in [0.15, 0.2) is 11.6 Å². The summed E-state index contributed by atoms with van der Waals surface area (Å²) in [5.74, 6) is -3.88. The van der Waals surface area contributed by atoms with E-state index in [4.69, 9.17) is 4.74 Å². The van der Waals surface area contributed by atoms with Crippen LogP contribution in [0.3, 0.4) is 0 Å². The Kier molecular flexibility index (Phi) is 9.06. The van der Waals surface area contributed by atoms with Crippen molar-refractivity contribution in [1.29, 1.82) is 0 Å². The van der Waals surface area contributed by atoms with Crippen LogP contribution in [0.2, 0.25) is 0 Å². The molecule has 0 aliphatic rings. The van der Waals surface area contributed by atoms with Gasteiger partial charge >= 0.3 is 12.3 Å². The molecule has 0 spiro atoms.